The van der Waals surface area contributed by atoms with Crippen LogP contribution in [0.3, 0.4) is 0 Å². The molecule has 1 aliphatic rings. The maximum atomic E-state index is 9.20. The van der Waals surface area contributed by atoms with Crippen molar-refractivity contribution in [3.8, 4) is 0 Å². The molecule has 0 amide bonds. The van der Waals surface area contributed by atoms with Crippen molar-refractivity contribution in [1.29, 1.82) is 0 Å². The van der Waals surface area contributed by atoms with Gasteiger partial charge >= 0.3 is 0 Å². The van der Waals surface area contributed by atoms with Gasteiger partial charge in [-0.1, -0.05) is 0 Å². The van der Waals surface area contributed by atoms with Crippen molar-refractivity contribution < 1.29 is 9.84 Å². The maximum Gasteiger partial charge on any atom is 0.0751 e. The molecule has 14 heavy (non-hydrogen) atoms. The molecule has 84 valence electrons. The van der Waals surface area contributed by atoms with Gasteiger partial charge in [0.2, 0.25) is 0 Å². The second-order valence-corrected chi connectivity index (χ2v) is 4.10. The number of hydrogen-bond acceptors (Lipinski definition) is 4. The summed E-state index contributed by atoms with van der Waals surface area (Å²) in [6.07, 6.45) is 2.40. The minimum absolute atomic E-state index is 0.109. The van der Waals surface area contributed by atoms with Crippen molar-refractivity contribution in [2.24, 2.45) is 0 Å². The summed E-state index contributed by atoms with van der Waals surface area (Å²) in [6, 6.07) is 0.109. The molecular weight excluding hydrogens is 180 g/mol. The number of hydrogen-bond donors (Lipinski definition) is 2. The molecule has 1 fully saturated rings. The Balaban J connectivity index is 2.17. The molecule has 0 spiro atoms. The summed E-state index contributed by atoms with van der Waals surface area (Å²) in [5.41, 5.74) is 0. The van der Waals surface area contributed by atoms with Gasteiger partial charge in [0.05, 0.1) is 18.8 Å². The minimum Gasteiger partial charge on any atom is -0.395 e. The lowest BCUT2D eigenvalue weighted by molar-refractivity contribution is 0.0552. The highest BCUT2D eigenvalue weighted by Crippen LogP contribution is 2.15. The molecule has 2 atom stereocenters. The van der Waals surface area contributed by atoms with Gasteiger partial charge in [-0.25, -0.2) is 0 Å². The quantitative estimate of drug-likeness (QED) is 0.619. The Bertz CT molecular complexity index is 147. The van der Waals surface area contributed by atoms with E-state index < -0.39 is 0 Å². The first-order valence-corrected chi connectivity index (χ1v) is 5.34. The lowest BCUT2D eigenvalue weighted by atomic mass is 10.1. The molecule has 0 aromatic rings. The van der Waals surface area contributed by atoms with Crippen LogP contribution >= 0.6 is 0 Å². The van der Waals surface area contributed by atoms with E-state index in [0.29, 0.717) is 0 Å². The normalized spacial score (nSPS) is 24.4. The molecule has 1 rings (SSSR count). The highest BCUT2D eigenvalue weighted by molar-refractivity contribution is 4.79. The van der Waals surface area contributed by atoms with Gasteiger partial charge in [0.25, 0.3) is 0 Å². The van der Waals surface area contributed by atoms with E-state index in [0.717, 1.165) is 32.5 Å². The number of ether oxygens (including phenoxy) is 1. The predicted octanol–water partition coefficient (Wildman–Crippen LogP) is -0.322. The summed E-state index contributed by atoms with van der Waals surface area (Å²) >= 11 is 0. The Labute approximate surface area is 86.2 Å². The average molecular weight is 202 g/mol. The Hall–Kier alpha value is -0.160. The van der Waals surface area contributed by atoms with Gasteiger partial charge in [-0.2, -0.15) is 0 Å². The highest BCUT2D eigenvalue weighted by Gasteiger charge is 2.24. The molecule has 1 saturated heterocycles. The summed E-state index contributed by atoms with van der Waals surface area (Å²) < 4.78 is 5.53. The number of rotatable bonds is 6. The smallest absolute Gasteiger partial charge is 0.0751 e. The van der Waals surface area contributed by atoms with Crippen LogP contribution in [0.5, 0.6) is 0 Å². The molecular formula is C10H22N2O2. The first kappa shape index (κ1) is 11.9. The molecule has 4 heteroatoms. The summed E-state index contributed by atoms with van der Waals surface area (Å²) in [5, 5.41) is 12.5. The lowest BCUT2D eigenvalue weighted by Crippen LogP contribution is -2.44. The number of nitrogens with zero attached hydrogens (tertiary/aromatic N) is 1. The fourth-order valence-electron chi connectivity index (χ4n) is 1.71. The second kappa shape index (κ2) is 6.35. The van der Waals surface area contributed by atoms with Crippen LogP contribution in [0.15, 0.2) is 0 Å². The van der Waals surface area contributed by atoms with Crippen LogP contribution < -0.4 is 5.32 Å². The molecule has 0 bridgehead atoms. The highest BCUT2D eigenvalue weighted by atomic mass is 16.5. The zero-order chi connectivity index (χ0) is 10.4. The van der Waals surface area contributed by atoms with Crippen molar-refractivity contribution in [1.82, 2.24) is 10.2 Å². The first-order valence-electron chi connectivity index (χ1n) is 5.34. The van der Waals surface area contributed by atoms with E-state index in [2.05, 4.69) is 10.2 Å². The monoisotopic (exact) mass is 202 g/mol. The SMILES string of the molecule is CN(C)CCNC(CO)C1CCCO1. The zero-order valence-corrected chi connectivity index (χ0v) is 9.20. The van der Waals surface area contributed by atoms with Gasteiger partial charge in [-0.3, -0.25) is 0 Å². The minimum atomic E-state index is 0.109. The first-order chi connectivity index (χ1) is 6.74. The average Bonchev–Trinajstić information content (AvgIpc) is 2.64. The van der Waals surface area contributed by atoms with Crippen LogP contribution in [-0.4, -0.2) is 62.6 Å². The molecule has 0 saturated carbocycles. The van der Waals surface area contributed by atoms with Crippen molar-refractivity contribution >= 4 is 0 Å². The van der Waals surface area contributed by atoms with Crippen molar-refractivity contribution in [2.75, 3.05) is 40.4 Å². The Morgan fingerprint density at radius 3 is 2.86 bits per heavy atom. The van der Waals surface area contributed by atoms with Gasteiger partial charge in [-0.05, 0) is 26.9 Å². The van der Waals surface area contributed by atoms with Crippen molar-refractivity contribution in [3.05, 3.63) is 0 Å². The van der Waals surface area contributed by atoms with Crippen LogP contribution in [0.25, 0.3) is 0 Å². The van der Waals surface area contributed by atoms with E-state index >= 15 is 0 Å². The summed E-state index contributed by atoms with van der Waals surface area (Å²) in [6.45, 7) is 2.90. The van der Waals surface area contributed by atoms with E-state index in [4.69, 9.17) is 4.74 Å². The molecule has 1 aliphatic heterocycles. The van der Waals surface area contributed by atoms with Crippen LogP contribution in [0.4, 0.5) is 0 Å². The van der Waals surface area contributed by atoms with Crippen molar-refractivity contribution in [2.45, 2.75) is 25.0 Å². The molecule has 0 radical (unpaired) electrons. The molecule has 2 unspecified atom stereocenters. The molecule has 4 nitrogen and oxygen atoms in total. The van der Waals surface area contributed by atoms with Crippen LogP contribution in [0.2, 0.25) is 0 Å². The molecule has 0 aromatic heterocycles. The predicted molar refractivity (Wildman–Crippen MR) is 56.4 cm³/mol. The van der Waals surface area contributed by atoms with E-state index in [9.17, 15) is 5.11 Å². The molecule has 0 aromatic carbocycles. The van der Waals surface area contributed by atoms with Gasteiger partial charge in [0, 0.05) is 19.7 Å². The zero-order valence-electron chi connectivity index (χ0n) is 9.20. The van der Waals surface area contributed by atoms with Crippen LogP contribution in [-0.2, 0) is 4.74 Å². The van der Waals surface area contributed by atoms with E-state index in [-0.39, 0.29) is 18.8 Å². The summed E-state index contributed by atoms with van der Waals surface area (Å²) in [5.74, 6) is 0. The number of nitrogens with one attached hydrogen (secondary N) is 1. The fraction of sp³-hybridized carbons (Fsp3) is 1.00. The summed E-state index contributed by atoms with van der Waals surface area (Å²) in [4.78, 5) is 2.12. The van der Waals surface area contributed by atoms with Gasteiger partial charge < -0.3 is 20.1 Å². The Morgan fingerprint density at radius 1 is 1.57 bits per heavy atom. The van der Waals surface area contributed by atoms with E-state index in [1.165, 1.54) is 0 Å². The van der Waals surface area contributed by atoms with Gasteiger partial charge in [-0.15, -0.1) is 0 Å². The Kier molecular flexibility index (Phi) is 5.40. The standard InChI is InChI=1S/C10H22N2O2/c1-12(2)6-5-11-9(8-13)10-4-3-7-14-10/h9-11,13H,3-8H2,1-2H3. The van der Waals surface area contributed by atoms with E-state index in [1.807, 2.05) is 14.1 Å². The van der Waals surface area contributed by atoms with Gasteiger partial charge in [0.1, 0.15) is 0 Å². The Morgan fingerprint density at radius 2 is 2.36 bits per heavy atom. The third kappa shape index (κ3) is 3.92. The molecule has 0 aliphatic carbocycles. The second-order valence-electron chi connectivity index (χ2n) is 4.10. The number of aliphatic hydroxyl groups excluding tert-OH is 1. The topological polar surface area (TPSA) is 44.7 Å². The number of aliphatic hydroxyl groups is 1. The third-order valence-electron chi connectivity index (χ3n) is 2.58. The van der Waals surface area contributed by atoms with Gasteiger partial charge in [0.15, 0.2) is 0 Å². The van der Waals surface area contributed by atoms with E-state index in [1.54, 1.807) is 0 Å². The van der Waals surface area contributed by atoms with Crippen molar-refractivity contribution in [3.63, 3.8) is 0 Å². The molecule has 1 heterocycles. The fourth-order valence-corrected chi connectivity index (χ4v) is 1.71. The third-order valence-corrected chi connectivity index (χ3v) is 2.58. The number of likely N-dealkylation sites (N-methyl/N-ethyl adjacent to an activating group) is 1. The lowest BCUT2D eigenvalue weighted by Gasteiger charge is -2.23. The molecule has 2 N–H and O–H groups in total. The summed E-state index contributed by atoms with van der Waals surface area (Å²) in [7, 11) is 4.09. The van der Waals surface area contributed by atoms with Crippen LogP contribution in [0, 0.1) is 0 Å². The maximum absolute atomic E-state index is 9.20. The largest absolute Gasteiger partial charge is 0.395 e. The van der Waals surface area contributed by atoms with Crippen LogP contribution in [0.1, 0.15) is 12.8 Å².